The average Bonchev–Trinajstić information content (AvgIpc) is 3.41. The van der Waals surface area contributed by atoms with Crippen LogP contribution >= 0.6 is 0 Å². The van der Waals surface area contributed by atoms with Crippen LogP contribution in [0, 0.1) is 5.92 Å². The average molecular weight is 426 g/mol. The van der Waals surface area contributed by atoms with E-state index in [1.807, 2.05) is 32.2 Å². The third kappa shape index (κ3) is 5.26. The Bertz CT molecular complexity index is 874. The van der Waals surface area contributed by atoms with Crippen LogP contribution in [0.1, 0.15) is 63.2 Å². The third-order valence-corrected chi connectivity index (χ3v) is 6.29. The molecule has 31 heavy (non-hydrogen) atoms. The maximum atomic E-state index is 13.1. The van der Waals surface area contributed by atoms with Gasteiger partial charge in [-0.2, -0.15) is 0 Å². The van der Waals surface area contributed by atoms with Gasteiger partial charge in [0.15, 0.2) is 0 Å². The topological polar surface area (TPSA) is 74.5 Å². The fraction of sp³-hybridized carbons (Fsp3) is 0.625. The number of rotatable bonds is 7. The number of carbonyl (C=O) groups excluding carboxylic acids is 1. The number of amides is 1. The van der Waals surface area contributed by atoms with Crippen LogP contribution in [0.3, 0.4) is 0 Å². The van der Waals surface area contributed by atoms with Crippen molar-refractivity contribution in [2.24, 2.45) is 5.92 Å². The molecule has 0 radical (unpaired) electrons. The van der Waals surface area contributed by atoms with Crippen molar-refractivity contribution in [1.29, 1.82) is 0 Å². The highest BCUT2D eigenvalue weighted by Crippen LogP contribution is 2.34. The zero-order valence-corrected chi connectivity index (χ0v) is 19.0. The highest BCUT2D eigenvalue weighted by molar-refractivity contribution is 5.80. The van der Waals surface area contributed by atoms with Crippen LogP contribution in [0.4, 0.5) is 5.95 Å². The van der Waals surface area contributed by atoms with Crippen LogP contribution in [0.25, 0.3) is 0 Å². The fourth-order valence-corrected chi connectivity index (χ4v) is 4.70. The predicted molar refractivity (Wildman–Crippen MR) is 121 cm³/mol. The Hall–Kier alpha value is -2.41. The van der Waals surface area contributed by atoms with Gasteiger partial charge in [0, 0.05) is 50.8 Å². The number of likely N-dealkylation sites (tertiary alicyclic amines) is 1. The SMILES string of the molecule is CCc1ccc(CN2C[C@@H](C(=O)NC(C)C)[C@H](c3ccnc(N4CCCCC4)n3)C2)o1. The predicted octanol–water partition coefficient (Wildman–Crippen LogP) is 3.36. The first-order valence-electron chi connectivity index (χ1n) is 11.7. The van der Waals surface area contributed by atoms with E-state index in [1.54, 1.807) is 0 Å². The maximum Gasteiger partial charge on any atom is 0.225 e. The molecule has 0 spiro atoms. The number of hydrogen-bond acceptors (Lipinski definition) is 6. The molecule has 0 saturated carbocycles. The second-order valence-electron chi connectivity index (χ2n) is 9.12. The summed E-state index contributed by atoms with van der Waals surface area (Å²) in [5.74, 6) is 2.78. The van der Waals surface area contributed by atoms with E-state index in [9.17, 15) is 4.79 Å². The molecule has 2 aromatic heterocycles. The summed E-state index contributed by atoms with van der Waals surface area (Å²) in [7, 11) is 0. The molecule has 0 bridgehead atoms. The van der Waals surface area contributed by atoms with Gasteiger partial charge in [0.05, 0.1) is 18.2 Å². The molecule has 0 aliphatic carbocycles. The van der Waals surface area contributed by atoms with Gasteiger partial charge in [0.1, 0.15) is 11.5 Å². The van der Waals surface area contributed by atoms with E-state index in [0.29, 0.717) is 13.1 Å². The largest absolute Gasteiger partial charge is 0.465 e. The van der Waals surface area contributed by atoms with Crippen molar-refractivity contribution >= 4 is 11.9 Å². The molecule has 0 aromatic carbocycles. The minimum atomic E-state index is -0.132. The van der Waals surface area contributed by atoms with Crippen LogP contribution < -0.4 is 10.2 Å². The number of carbonyl (C=O) groups is 1. The number of furan rings is 1. The van der Waals surface area contributed by atoms with E-state index in [4.69, 9.17) is 9.40 Å². The Morgan fingerprint density at radius 2 is 1.94 bits per heavy atom. The molecule has 2 aliphatic rings. The van der Waals surface area contributed by atoms with Gasteiger partial charge in [-0.05, 0) is 51.3 Å². The molecule has 168 valence electrons. The summed E-state index contributed by atoms with van der Waals surface area (Å²) in [4.78, 5) is 27.1. The monoisotopic (exact) mass is 425 g/mol. The lowest BCUT2D eigenvalue weighted by Gasteiger charge is -2.27. The molecule has 0 unspecified atom stereocenters. The van der Waals surface area contributed by atoms with Crippen molar-refractivity contribution < 1.29 is 9.21 Å². The van der Waals surface area contributed by atoms with Gasteiger partial charge < -0.3 is 14.6 Å². The Kier molecular flexibility index (Phi) is 6.90. The molecular weight excluding hydrogens is 390 g/mol. The van der Waals surface area contributed by atoms with Crippen molar-refractivity contribution in [2.45, 2.75) is 65.0 Å². The number of anilines is 1. The fourth-order valence-electron chi connectivity index (χ4n) is 4.70. The second kappa shape index (κ2) is 9.81. The van der Waals surface area contributed by atoms with Gasteiger partial charge in [-0.15, -0.1) is 0 Å². The quantitative estimate of drug-likeness (QED) is 0.733. The number of aromatic nitrogens is 2. The number of nitrogens with one attached hydrogen (secondary N) is 1. The van der Waals surface area contributed by atoms with Gasteiger partial charge >= 0.3 is 0 Å². The first kappa shape index (κ1) is 21.8. The van der Waals surface area contributed by atoms with Crippen LogP contribution in [0.15, 0.2) is 28.8 Å². The minimum Gasteiger partial charge on any atom is -0.465 e. The number of nitrogens with zero attached hydrogens (tertiary/aromatic N) is 4. The summed E-state index contributed by atoms with van der Waals surface area (Å²) in [5, 5.41) is 3.12. The van der Waals surface area contributed by atoms with Gasteiger partial charge in [-0.25, -0.2) is 9.97 Å². The van der Waals surface area contributed by atoms with E-state index >= 15 is 0 Å². The van der Waals surface area contributed by atoms with Crippen LogP contribution in [-0.2, 0) is 17.8 Å². The smallest absolute Gasteiger partial charge is 0.225 e. The molecule has 7 heteroatoms. The number of hydrogen-bond donors (Lipinski definition) is 1. The first-order valence-corrected chi connectivity index (χ1v) is 11.7. The molecule has 4 rings (SSSR count). The standard InChI is InChI=1S/C24H35N5O2/c1-4-18-8-9-19(31-18)14-28-15-20(21(16-28)23(30)26-17(2)3)22-10-11-25-24(27-22)29-12-6-5-7-13-29/h8-11,17,20-21H,4-7,12-16H2,1-3H3,(H,26,30)/t20-,21-/m1/s1. The Morgan fingerprint density at radius 1 is 1.16 bits per heavy atom. The normalized spacial score (nSPS) is 22.3. The summed E-state index contributed by atoms with van der Waals surface area (Å²) in [6, 6.07) is 6.20. The molecule has 2 saturated heterocycles. The summed E-state index contributed by atoms with van der Waals surface area (Å²) < 4.78 is 5.92. The lowest BCUT2D eigenvalue weighted by molar-refractivity contribution is -0.125. The summed E-state index contributed by atoms with van der Waals surface area (Å²) in [5.41, 5.74) is 0.968. The molecule has 2 aliphatic heterocycles. The molecule has 1 amide bonds. The van der Waals surface area contributed by atoms with Crippen molar-refractivity contribution in [3.8, 4) is 0 Å². The summed E-state index contributed by atoms with van der Waals surface area (Å²) in [6.07, 6.45) is 6.40. The zero-order valence-electron chi connectivity index (χ0n) is 19.0. The van der Waals surface area contributed by atoms with Crippen LogP contribution in [0.2, 0.25) is 0 Å². The number of piperidine rings is 1. The Balaban J connectivity index is 1.54. The summed E-state index contributed by atoms with van der Waals surface area (Å²) in [6.45, 7) is 10.3. The van der Waals surface area contributed by atoms with Gasteiger partial charge in [0.2, 0.25) is 11.9 Å². The second-order valence-corrected chi connectivity index (χ2v) is 9.12. The van der Waals surface area contributed by atoms with E-state index in [0.717, 1.165) is 49.2 Å². The highest BCUT2D eigenvalue weighted by Gasteiger charge is 2.40. The van der Waals surface area contributed by atoms with Crippen molar-refractivity contribution in [1.82, 2.24) is 20.2 Å². The van der Waals surface area contributed by atoms with Crippen LogP contribution in [0.5, 0.6) is 0 Å². The Morgan fingerprint density at radius 3 is 2.65 bits per heavy atom. The maximum absolute atomic E-state index is 13.1. The molecule has 2 aromatic rings. The van der Waals surface area contributed by atoms with E-state index < -0.39 is 0 Å². The van der Waals surface area contributed by atoms with Gasteiger partial charge in [-0.3, -0.25) is 9.69 Å². The van der Waals surface area contributed by atoms with E-state index in [-0.39, 0.29) is 23.8 Å². The Labute approximate surface area is 185 Å². The summed E-state index contributed by atoms with van der Waals surface area (Å²) >= 11 is 0. The van der Waals surface area contributed by atoms with Gasteiger partial charge in [-0.1, -0.05) is 6.92 Å². The van der Waals surface area contributed by atoms with E-state index in [1.165, 1.54) is 19.3 Å². The molecular formula is C24H35N5O2. The molecule has 2 atom stereocenters. The molecule has 4 heterocycles. The third-order valence-electron chi connectivity index (χ3n) is 6.29. The lowest BCUT2D eigenvalue weighted by Crippen LogP contribution is -2.38. The van der Waals surface area contributed by atoms with Crippen molar-refractivity contribution in [3.63, 3.8) is 0 Å². The van der Waals surface area contributed by atoms with Crippen molar-refractivity contribution in [3.05, 3.63) is 41.6 Å². The number of aryl methyl sites for hydroxylation is 1. The first-order chi connectivity index (χ1) is 15.0. The highest BCUT2D eigenvalue weighted by atomic mass is 16.3. The van der Waals surface area contributed by atoms with E-state index in [2.05, 4.69) is 33.1 Å². The zero-order chi connectivity index (χ0) is 21.8. The lowest BCUT2D eigenvalue weighted by atomic mass is 9.91. The molecule has 2 fully saturated rings. The molecule has 7 nitrogen and oxygen atoms in total. The minimum absolute atomic E-state index is 0.0471. The van der Waals surface area contributed by atoms with Gasteiger partial charge in [0.25, 0.3) is 0 Å². The van der Waals surface area contributed by atoms with Crippen LogP contribution in [-0.4, -0.2) is 53.0 Å². The van der Waals surface area contributed by atoms with Crippen molar-refractivity contribution in [2.75, 3.05) is 31.1 Å². The molecule has 1 N–H and O–H groups in total.